The predicted molar refractivity (Wildman–Crippen MR) is 93.3 cm³/mol. The second-order valence-corrected chi connectivity index (χ2v) is 5.58. The molecular formula is C18H16N6O. The van der Waals surface area contributed by atoms with Crippen molar-refractivity contribution in [2.75, 3.05) is 5.32 Å². The van der Waals surface area contributed by atoms with Crippen LogP contribution in [0.5, 0.6) is 0 Å². The molecule has 0 aliphatic rings. The zero-order valence-corrected chi connectivity index (χ0v) is 13.4. The van der Waals surface area contributed by atoms with E-state index in [0.29, 0.717) is 23.6 Å². The lowest BCUT2D eigenvalue weighted by atomic mass is 10.1. The summed E-state index contributed by atoms with van der Waals surface area (Å²) in [5.74, 6) is 0.395. The number of rotatable bonds is 5. The second kappa shape index (κ2) is 6.56. The van der Waals surface area contributed by atoms with E-state index in [4.69, 9.17) is 0 Å². The third kappa shape index (κ3) is 3.12. The van der Waals surface area contributed by atoms with E-state index in [9.17, 15) is 4.79 Å². The largest absolute Gasteiger partial charge is 0.307 e. The number of carbonyl (C=O) groups excluding carboxylic acids is 1. The van der Waals surface area contributed by atoms with E-state index in [1.54, 1.807) is 39.9 Å². The van der Waals surface area contributed by atoms with Gasteiger partial charge in [0.25, 0.3) is 5.91 Å². The summed E-state index contributed by atoms with van der Waals surface area (Å²) in [5, 5.41) is 11.3. The van der Waals surface area contributed by atoms with Gasteiger partial charge in [-0.05, 0) is 18.1 Å². The Morgan fingerprint density at radius 2 is 1.92 bits per heavy atom. The zero-order valence-electron chi connectivity index (χ0n) is 13.4. The van der Waals surface area contributed by atoms with Crippen LogP contribution < -0.4 is 5.32 Å². The van der Waals surface area contributed by atoms with E-state index >= 15 is 0 Å². The lowest BCUT2D eigenvalue weighted by Gasteiger charge is -2.08. The van der Waals surface area contributed by atoms with Gasteiger partial charge in [-0.25, -0.2) is 14.2 Å². The number of hydrogen-bond donors (Lipinski definition) is 1. The van der Waals surface area contributed by atoms with Gasteiger partial charge in [0.1, 0.15) is 11.4 Å². The van der Waals surface area contributed by atoms with Gasteiger partial charge in [0, 0.05) is 25.0 Å². The highest BCUT2D eigenvalue weighted by molar-refractivity contribution is 6.07. The Bertz CT molecular complexity index is 1000. The molecule has 0 unspecified atom stereocenters. The van der Waals surface area contributed by atoms with Crippen molar-refractivity contribution >= 4 is 17.4 Å². The molecule has 1 amide bonds. The molecule has 0 atom stereocenters. The summed E-state index contributed by atoms with van der Waals surface area (Å²) >= 11 is 0. The van der Waals surface area contributed by atoms with Crippen LogP contribution in [0.4, 0.5) is 5.82 Å². The Morgan fingerprint density at radius 1 is 1.04 bits per heavy atom. The van der Waals surface area contributed by atoms with Crippen molar-refractivity contribution in [2.24, 2.45) is 0 Å². The van der Waals surface area contributed by atoms with Crippen LogP contribution in [0.25, 0.3) is 5.65 Å². The number of nitrogens with one attached hydrogen (secondary N) is 1. The molecule has 0 spiro atoms. The summed E-state index contributed by atoms with van der Waals surface area (Å²) < 4.78 is 3.35. The molecule has 4 rings (SSSR count). The first-order chi connectivity index (χ1) is 12.3. The lowest BCUT2D eigenvalue weighted by molar-refractivity contribution is 0.102. The molecule has 0 bridgehead atoms. The van der Waals surface area contributed by atoms with Gasteiger partial charge >= 0.3 is 0 Å². The van der Waals surface area contributed by atoms with Gasteiger partial charge in [0.2, 0.25) is 0 Å². The third-order valence-electron chi connectivity index (χ3n) is 3.94. The summed E-state index contributed by atoms with van der Waals surface area (Å²) in [5.41, 5.74) is 2.17. The van der Waals surface area contributed by atoms with Crippen LogP contribution in [-0.2, 0) is 13.0 Å². The summed E-state index contributed by atoms with van der Waals surface area (Å²) in [6.07, 6.45) is 7.42. The molecule has 0 saturated heterocycles. The fourth-order valence-electron chi connectivity index (χ4n) is 2.67. The first-order valence-corrected chi connectivity index (χ1v) is 7.97. The number of anilines is 1. The maximum absolute atomic E-state index is 12.6. The van der Waals surface area contributed by atoms with Gasteiger partial charge in [0.05, 0.1) is 12.4 Å². The molecule has 25 heavy (non-hydrogen) atoms. The van der Waals surface area contributed by atoms with Crippen molar-refractivity contribution in [3.05, 3.63) is 78.4 Å². The van der Waals surface area contributed by atoms with E-state index in [1.807, 2.05) is 18.2 Å². The average molecular weight is 332 g/mol. The van der Waals surface area contributed by atoms with Crippen LogP contribution in [0.1, 0.15) is 15.9 Å². The molecule has 7 heteroatoms. The fourth-order valence-corrected chi connectivity index (χ4v) is 2.67. The van der Waals surface area contributed by atoms with Gasteiger partial charge < -0.3 is 5.32 Å². The van der Waals surface area contributed by atoms with Crippen LogP contribution in [0.15, 0.2) is 67.3 Å². The molecule has 0 radical (unpaired) electrons. The maximum atomic E-state index is 12.6. The number of benzene rings is 1. The minimum absolute atomic E-state index is 0.254. The van der Waals surface area contributed by atoms with Gasteiger partial charge in [-0.15, -0.1) is 0 Å². The summed E-state index contributed by atoms with van der Waals surface area (Å²) in [7, 11) is 0. The Kier molecular flexibility index (Phi) is 3.96. The third-order valence-corrected chi connectivity index (χ3v) is 3.94. The number of fused-ring (bicyclic) bond motifs is 1. The lowest BCUT2D eigenvalue weighted by Crippen LogP contribution is -2.16. The van der Waals surface area contributed by atoms with Crippen molar-refractivity contribution in [1.29, 1.82) is 0 Å². The van der Waals surface area contributed by atoms with Crippen molar-refractivity contribution in [3.8, 4) is 0 Å². The topological polar surface area (TPSA) is 77.1 Å². The molecule has 4 aromatic rings. The normalized spacial score (nSPS) is 10.9. The minimum Gasteiger partial charge on any atom is -0.307 e. The monoisotopic (exact) mass is 332 g/mol. The van der Waals surface area contributed by atoms with Gasteiger partial charge in [-0.3, -0.25) is 4.79 Å². The Labute approximate surface area is 143 Å². The van der Waals surface area contributed by atoms with E-state index < -0.39 is 0 Å². The number of amides is 1. The standard InChI is InChI=1S/C18H16N6O/c25-18(15-13-21-24-11-4-9-19-17(15)24)22-16-7-10-20-23(16)12-8-14-5-2-1-3-6-14/h1-7,9-11,13H,8,12H2,(H,22,25). The first kappa shape index (κ1) is 15.1. The van der Waals surface area contributed by atoms with E-state index in [2.05, 4.69) is 32.6 Å². The van der Waals surface area contributed by atoms with Crippen molar-refractivity contribution < 1.29 is 4.79 Å². The quantitative estimate of drug-likeness (QED) is 0.609. The van der Waals surface area contributed by atoms with Crippen molar-refractivity contribution in [2.45, 2.75) is 13.0 Å². The molecule has 1 aromatic carbocycles. The average Bonchev–Trinajstić information content (AvgIpc) is 3.27. The highest BCUT2D eigenvalue weighted by Gasteiger charge is 2.15. The summed E-state index contributed by atoms with van der Waals surface area (Å²) in [4.78, 5) is 16.8. The maximum Gasteiger partial charge on any atom is 0.262 e. The Balaban J connectivity index is 1.50. The van der Waals surface area contributed by atoms with Gasteiger partial charge in [0.15, 0.2) is 5.65 Å². The Hall–Kier alpha value is -3.48. The zero-order chi connectivity index (χ0) is 17.1. The molecule has 3 heterocycles. The highest BCUT2D eigenvalue weighted by Crippen LogP contribution is 2.13. The van der Waals surface area contributed by atoms with Crippen LogP contribution >= 0.6 is 0 Å². The van der Waals surface area contributed by atoms with Crippen LogP contribution in [0.3, 0.4) is 0 Å². The molecule has 0 aliphatic carbocycles. The summed E-state index contributed by atoms with van der Waals surface area (Å²) in [6, 6.07) is 13.7. The molecular weight excluding hydrogens is 316 g/mol. The predicted octanol–water partition coefficient (Wildman–Crippen LogP) is 2.42. The van der Waals surface area contributed by atoms with Crippen LogP contribution in [0.2, 0.25) is 0 Å². The number of nitrogens with zero attached hydrogens (tertiary/aromatic N) is 5. The Morgan fingerprint density at radius 3 is 2.80 bits per heavy atom. The van der Waals surface area contributed by atoms with Crippen molar-refractivity contribution in [1.82, 2.24) is 24.4 Å². The molecule has 7 nitrogen and oxygen atoms in total. The minimum atomic E-state index is -0.254. The molecule has 124 valence electrons. The number of aryl methyl sites for hydroxylation is 2. The molecule has 0 fully saturated rings. The highest BCUT2D eigenvalue weighted by atomic mass is 16.1. The van der Waals surface area contributed by atoms with Crippen molar-refractivity contribution in [3.63, 3.8) is 0 Å². The van der Waals surface area contributed by atoms with Gasteiger partial charge in [-0.1, -0.05) is 30.3 Å². The SMILES string of the molecule is O=C(Nc1ccnn1CCc1ccccc1)c1cnn2cccnc12. The first-order valence-electron chi connectivity index (χ1n) is 7.97. The summed E-state index contributed by atoms with van der Waals surface area (Å²) in [6.45, 7) is 0.680. The van der Waals surface area contributed by atoms with Crippen LogP contribution in [-0.4, -0.2) is 30.3 Å². The van der Waals surface area contributed by atoms with Crippen LogP contribution in [0, 0.1) is 0 Å². The smallest absolute Gasteiger partial charge is 0.262 e. The van der Waals surface area contributed by atoms with E-state index in [1.165, 1.54) is 11.8 Å². The molecule has 3 aromatic heterocycles. The molecule has 0 aliphatic heterocycles. The van der Waals surface area contributed by atoms with E-state index in [-0.39, 0.29) is 5.91 Å². The van der Waals surface area contributed by atoms with E-state index in [0.717, 1.165) is 6.42 Å². The molecule has 1 N–H and O–H groups in total. The second-order valence-electron chi connectivity index (χ2n) is 5.58. The number of hydrogen-bond acceptors (Lipinski definition) is 4. The molecule has 0 saturated carbocycles. The number of carbonyl (C=O) groups is 1. The van der Waals surface area contributed by atoms with Gasteiger partial charge in [-0.2, -0.15) is 10.2 Å². The fraction of sp³-hybridized carbons (Fsp3) is 0.111. The number of aromatic nitrogens is 5.